The van der Waals surface area contributed by atoms with E-state index in [1.807, 2.05) is 47.6 Å². The van der Waals surface area contributed by atoms with Crippen molar-refractivity contribution in [3.63, 3.8) is 0 Å². The van der Waals surface area contributed by atoms with Gasteiger partial charge in [0.2, 0.25) is 0 Å². The molecule has 0 unspecified atom stereocenters. The van der Waals surface area contributed by atoms with Crippen molar-refractivity contribution in [2.75, 3.05) is 0 Å². The number of hydrogen-bond acceptors (Lipinski definition) is 4. The molecule has 1 aromatic carbocycles. The lowest BCUT2D eigenvalue weighted by Gasteiger charge is -2.63. The Morgan fingerprint density at radius 1 is 1.15 bits per heavy atom. The Morgan fingerprint density at radius 2 is 1.79 bits per heavy atom. The number of nitrogens with one attached hydrogen (secondary N) is 1. The lowest BCUT2D eigenvalue weighted by molar-refractivity contribution is -0.164. The summed E-state index contributed by atoms with van der Waals surface area (Å²) >= 11 is 0. The molecule has 1 fully saturated rings. The van der Waals surface area contributed by atoms with E-state index in [1.54, 1.807) is 18.3 Å². The molecule has 1 amide bonds. The average molecular weight is 460 g/mol. The highest BCUT2D eigenvalue weighted by Gasteiger charge is 2.64. The van der Waals surface area contributed by atoms with Crippen LogP contribution in [-0.4, -0.2) is 23.0 Å². The van der Waals surface area contributed by atoms with Crippen LogP contribution in [0.2, 0.25) is 0 Å². The van der Waals surface area contributed by atoms with Gasteiger partial charge in [0.1, 0.15) is 11.9 Å². The minimum atomic E-state index is -4.66. The molecule has 33 heavy (non-hydrogen) atoms. The third-order valence-electron chi connectivity index (χ3n) is 6.43. The molecule has 0 saturated heterocycles. The van der Waals surface area contributed by atoms with Gasteiger partial charge >= 0.3 is 6.18 Å². The van der Waals surface area contributed by atoms with E-state index in [0.717, 1.165) is 17.8 Å². The standard InChI is InChI=1S/C25H28F3N3O2/c1-14(2)19-10-8-16(13-30-19)20(32)31-21-23(3,4)22(24(21,5)6)33-17-9-7-15(12-29)18(11-17)25(26,27)28/h7-11,13-14,21-22H,1-6H3,(H,31,32). The van der Waals surface area contributed by atoms with E-state index in [4.69, 9.17) is 10.00 Å². The average Bonchev–Trinajstić information content (AvgIpc) is 2.74. The van der Waals surface area contributed by atoms with Gasteiger partial charge in [-0.1, -0.05) is 41.5 Å². The molecule has 1 heterocycles. The van der Waals surface area contributed by atoms with Crippen LogP contribution in [0.25, 0.3) is 0 Å². The molecule has 0 bridgehead atoms. The number of pyridine rings is 1. The third-order valence-corrected chi connectivity index (χ3v) is 6.43. The minimum absolute atomic E-state index is 0.0331. The van der Waals surface area contributed by atoms with Crippen molar-refractivity contribution in [3.05, 3.63) is 58.9 Å². The Morgan fingerprint density at radius 3 is 2.27 bits per heavy atom. The number of halogens is 3. The molecule has 1 aliphatic rings. The van der Waals surface area contributed by atoms with Crippen LogP contribution in [0, 0.1) is 22.2 Å². The fourth-order valence-electron chi connectivity index (χ4n) is 4.96. The molecular formula is C25H28F3N3O2. The van der Waals surface area contributed by atoms with Crippen molar-refractivity contribution >= 4 is 5.91 Å². The molecule has 0 radical (unpaired) electrons. The summed E-state index contributed by atoms with van der Waals surface area (Å²) < 4.78 is 46.0. The molecular weight excluding hydrogens is 431 g/mol. The number of aromatic nitrogens is 1. The summed E-state index contributed by atoms with van der Waals surface area (Å²) in [4.78, 5) is 17.2. The van der Waals surface area contributed by atoms with Crippen molar-refractivity contribution in [2.24, 2.45) is 10.8 Å². The summed E-state index contributed by atoms with van der Waals surface area (Å²) in [6.07, 6.45) is -3.58. The van der Waals surface area contributed by atoms with Crippen LogP contribution in [0.4, 0.5) is 13.2 Å². The van der Waals surface area contributed by atoms with Crippen LogP contribution in [0.1, 0.15) is 74.6 Å². The lowest BCUT2D eigenvalue weighted by atomic mass is 9.49. The van der Waals surface area contributed by atoms with Crippen molar-refractivity contribution < 1.29 is 22.7 Å². The highest BCUT2D eigenvalue weighted by molar-refractivity contribution is 5.94. The van der Waals surface area contributed by atoms with Crippen LogP contribution in [0.15, 0.2) is 36.5 Å². The third kappa shape index (κ3) is 4.54. The first-order valence-electron chi connectivity index (χ1n) is 10.7. The molecule has 3 rings (SSSR count). The predicted octanol–water partition coefficient (Wildman–Crippen LogP) is 5.71. The molecule has 176 valence electrons. The van der Waals surface area contributed by atoms with Gasteiger partial charge in [-0.05, 0) is 36.2 Å². The van der Waals surface area contributed by atoms with Crippen molar-refractivity contribution in [2.45, 2.75) is 65.8 Å². The second kappa shape index (κ2) is 8.36. The largest absolute Gasteiger partial charge is 0.489 e. The van der Waals surface area contributed by atoms with Crippen molar-refractivity contribution in [1.82, 2.24) is 10.3 Å². The van der Waals surface area contributed by atoms with E-state index in [0.29, 0.717) is 5.56 Å². The number of benzene rings is 1. The molecule has 0 aliphatic heterocycles. The maximum Gasteiger partial charge on any atom is 0.417 e. The first-order valence-corrected chi connectivity index (χ1v) is 10.7. The van der Waals surface area contributed by atoms with Gasteiger partial charge in [-0.2, -0.15) is 18.4 Å². The Kier molecular flexibility index (Phi) is 6.22. The van der Waals surface area contributed by atoms with Crippen LogP contribution in [0.5, 0.6) is 5.75 Å². The van der Waals surface area contributed by atoms with E-state index in [-0.39, 0.29) is 23.6 Å². The molecule has 1 aromatic heterocycles. The van der Waals surface area contributed by atoms with E-state index in [1.165, 1.54) is 6.07 Å². The number of rotatable bonds is 5. The zero-order valence-corrected chi connectivity index (χ0v) is 19.5. The van der Waals surface area contributed by atoms with Crippen LogP contribution in [-0.2, 0) is 6.18 Å². The number of hydrogen-bond donors (Lipinski definition) is 1. The Labute approximate surface area is 192 Å². The Hall–Kier alpha value is -3.08. The SMILES string of the molecule is CC(C)c1ccc(C(=O)NC2C(C)(C)C(Oc3ccc(C#N)c(C(F)(F)F)c3)C2(C)C)cn1. The van der Waals surface area contributed by atoms with Gasteiger partial charge in [-0.15, -0.1) is 0 Å². The fourth-order valence-corrected chi connectivity index (χ4v) is 4.96. The summed E-state index contributed by atoms with van der Waals surface area (Å²) in [6, 6.07) is 8.19. The number of nitriles is 1. The Balaban J connectivity index is 1.78. The minimum Gasteiger partial charge on any atom is -0.489 e. The summed E-state index contributed by atoms with van der Waals surface area (Å²) in [5, 5.41) is 12.0. The normalized spacial score (nSPS) is 21.1. The number of carbonyl (C=O) groups is 1. The van der Waals surface area contributed by atoms with E-state index < -0.39 is 34.2 Å². The molecule has 1 aliphatic carbocycles. The van der Waals surface area contributed by atoms with Gasteiger partial charge in [-0.25, -0.2) is 0 Å². The lowest BCUT2D eigenvalue weighted by Crippen LogP contribution is -2.74. The van der Waals surface area contributed by atoms with Crippen molar-refractivity contribution in [1.29, 1.82) is 5.26 Å². The zero-order chi connectivity index (χ0) is 24.8. The number of carbonyl (C=O) groups excluding carboxylic acids is 1. The Bertz CT molecular complexity index is 1070. The van der Waals surface area contributed by atoms with Gasteiger partial charge < -0.3 is 10.1 Å². The summed E-state index contributed by atoms with van der Waals surface area (Å²) in [5.74, 6) is 0.0236. The number of alkyl halides is 3. The quantitative estimate of drug-likeness (QED) is 0.622. The van der Waals surface area contributed by atoms with Crippen LogP contribution < -0.4 is 10.1 Å². The molecule has 2 aromatic rings. The maximum atomic E-state index is 13.3. The molecule has 1 N–H and O–H groups in total. The maximum absolute atomic E-state index is 13.3. The number of ether oxygens (including phenoxy) is 1. The number of amides is 1. The highest BCUT2D eigenvalue weighted by Crippen LogP contribution is 2.55. The molecule has 0 spiro atoms. The number of nitrogens with zero attached hydrogens (tertiary/aromatic N) is 2. The second-order valence-corrected chi connectivity index (χ2v) is 9.99. The molecule has 1 saturated carbocycles. The summed E-state index contributed by atoms with van der Waals surface area (Å²) in [6.45, 7) is 11.7. The smallest absolute Gasteiger partial charge is 0.417 e. The van der Waals surface area contributed by atoms with E-state index in [2.05, 4.69) is 10.3 Å². The van der Waals surface area contributed by atoms with Crippen LogP contribution in [0.3, 0.4) is 0 Å². The fraction of sp³-hybridized carbons (Fsp3) is 0.480. The molecule has 0 atom stereocenters. The van der Waals surface area contributed by atoms with Gasteiger partial charge in [0.05, 0.1) is 22.8 Å². The van der Waals surface area contributed by atoms with Gasteiger partial charge in [-0.3, -0.25) is 9.78 Å². The zero-order valence-electron chi connectivity index (χ0n) is 19.5. The van der Waals surface area contributed by atoms with Crippen molar-refractivity contribution in [3.8, 4) is 11.8 Å². The highest BCUT2D eigenvalue weighted by atomic mass is 19.4. The molecule has 5 nitrogen and oxygen atoms in total. The van der Waals surface area contributed by atoms with Gasteiger partial charge in [0.15, 0.2) is 0 Å². The summed E-state index contributed by atoms with van der Waals surface area (Å²) in [5.41, 5.74) is -1.26. The van der Waals surface area contributed by atoms with Gasteiger partial charge in [0, 0.05) is 28.8 Å². The summed E-state index contributed by atoms with van der Waals surface area (Å²) in [7, 11) is 0. The monoisotopic (exact) mass is 459 g/mol. The van der Waals surface area contributed by atoms with E-state index in [9.17, 15) is 18.0 Å². The molecule has 8 heteroatoms. The van der Waals surface area contributed by atoms with E-state index >= 15 is 0 Å². The predicted molar refractivity (Wildman–Crippen MR) is 118 cm³/mol. The topological polar surface area (TPSA) is 75.0 Å². The van der Waals surface area contributed by atoms with Crippen LogP contribution >= 0.6 is 0 Å². The van der Waals surface area contributed by atoms with Gasteiger partial charge in [0.25, 0.3) is 5.91 Å². The first-order chi connectivity index (χ1) is 15.2. The first kappa shape index (κ1) is 24.6. The second-order valence-electron chi connectivity index (χ2n) is 9.99.